The Hall–Kier alpha value is -0.740. The largest absolute Gasteiger partial charge is 0.486 e. The second kappa shape index (κ2) is 4.41. The van der Waals surface area contributed by atoms with Crippen LogP contribution in [0.1, 0.15) is 13.3 Å². The van der Waals surface area contributed by atoms with Crippen molar-refractivity contribution in [3.05, 3.63) is 22.7 Å². The number of halogens is 1. The van der Waals surface area contributed by atoms with E-state index in [9.17, 15) is 0 Å². The average molecular weight is 272 g/mol. The molecule has 2 atom stereocenters. The van der Waals surface area contributed by atoms with Crippen LogP contribution in [0, 0.1) is 0 Å². The number of aliphatic hydroxyl groups is 1. The molecule has 0 aliphatic carbocycles. The Morgan fingerprint density at radius 2 is 2.33 bits per heavy atom. The maximum Gasteiger partial charge on any atom is 0.143 e. The number of aliphatic hydroxyl groups excluding tert-OH is 1. The maximum absolute atomic E-state index is 8.91. The minimum atomic E-state index is 0.0451. The number of hydrogen-bond acceptors (Lipinski definition) is 3. The summed E-state index contributed by atoms with van der Waals surface area (Å²) in [6, 6.07) is 6.11. The van der Waals surface area contributed by atoms with E-state index in [-0.39, 0.29) is 18.8 Å². The van der Waals surface area contributed by atoms with Crippen LogP contribution in [0.3, 0.4) is 0 Å². The summed E-state index contributed by atoms with van der Waals surface area (Å²) in [5, 5.41) is 12.3. The van der Waals surface area contributed by atoms with Crippen LogP contribution in [0.25, 0.3) is 0 Å². The molecule has 0 spiro atoms. The van der Waals surface area contributed by atoms with Gasteiger partial charge in [0.05, 0.1) is 11.7 Å². The highest BCUT2D eigenvalue weighted by Gasteiger charge is 2.25. The van der Waals surface area contributed by atoms with Gasteiger partial charge in [0.1, 0.15) is 11.9 Å². The minimum Gasteiger partial charge on any atom is -0.486 e. The summed E-state index contributed by atoms with van der Waals surface area (Å²) >= 11 is 3.42. The van der Waals surface area contributed by atoms with E-state index in [1.807, 2.05) is 18.2 Å². The average Bonchev–Trinajstić information content (AvgIpc) is 2.20. The zero-order chi connectivity index (χ0) is 10.8. The zero-order valence-corrected chi connectivity index (χ0v) is 10.1. The van der Waals surface area contributed by atoms with Gasteiger partial charge in [-0.25, -0.2) is 0 Å². The number of anilines is 1. The standard InChI is InChI=1S/C11H14BrNO2/c1-7-10(4-5-14)15-11-3-2-8(12)6-9(11)13-7/h2-3,6-7,10,13-14H,4-5H2,1H3. The molecule has 0 saturated heterocycles. The van der Waals surface area contributed by atoms with Crippen molar-refractivity contribution in [2.75, 3.05) is 11.9 Å². The Bertz CT molecular complexity index is 356. The molecule has 2 unspecified atom stereocenters. The molecule has 0 bridgehead atoms. The summed E-state index contributed by atoms with van der Waals surface area (Å²) in [7, 11) is 0. The molecule has 1 aromatic carbocycles. The quantitative estimate of drug-likeness (QED) is 0.868. The highest BCUT2D eigenvalue weighted by Crippen LogP contribution is 2.34. The van der Waals surface area contributed by atoms with Crippen molar-refractivity contribution in [2.45, 2.75) is 25.5 Å². The monoisotopic (exact) mass is 271 g/mol. The van der Waals surface area contributed by atoms with Crippen LogP contribution in [0.15, 0.2) is 22.7 Å². The van der Waals surface area contributed by atoms with Crippen molar-refractivity contribution in [3.8, 4) is 5.75 Å². The Balaban J connectivity index is 2.22. The van der Waals surface area contributed by atoms with Gasteiger partial charge >= 0.3 is 0 Å². The lowest BCUT2D eigenvalue weighted by Crippen LogP contribution is -2.39. The second-order valence-corrected chi connectivity index (χ2v) is 4.66. The molecule has 2 rings (SSSR count). The molecule has 1 aliphatic rings. The van der Waals surface area contributed by atoms with Crippen molar-refractivity contribution >= 4 is 21.6 Å². The SMILES string of the molecule is CC1Nc2cc(Br)ccc2OC1CCO. The molecule has 2 N–H and O–H groups in total. The number of ether oxygens (including phenoxy) is 1. The smallest absolute Gasteiger partial charge is 0.143 e. The van der Waals surface area contributed by atoms with E-state index in [4.69, 9.17) is 9.84 Å². The van der Waals surface area contributed by atoms with Gasteiger partial charge < -0.3 is 15.2 Å². The molecule has 1 heterocycles. The number of rotatable bonds is 2. The fourth-order valence-electron chi connectivity index (χ4n) is 1.76. The van der Waals surface area contributed by atoms with E-state index in [0.29, 0.717) is 6.42 Å². The molecule has 15 heavy (non-hydrogen) atoms. The van der Waals surface area contributed by atoms with Gasteiger partial charge in [-0.05, 0) is 25.1 Å². The van der Waals surface area contributed by atoms with E-state index in [0.717, 1.165) is 15.9 Å². The first-order chi connectivity index (χ1) is 7.20. The lowest BCUT2D eigenvalue weighted by Gasteiger charge is -2.32. The third-order valence-corrected chi connectivity index (χ3v) is 3.07. The fraction of sp³-hybridized carbons (Fsp3) is 0.455. The van der Waals surface area contributed by atoms with Crippen LogP contribution >= 0.6 is 15.9 Å². The molecule has 82 valence electrons. The van der Waals surface area contributed by atoms with Crippen LogP contribution in [0.2, 0.25) is 0 Å². The molecular weight excluding hydrogens is 258 g/mol. The van der Waals surface area contributed by atoms with Crippen LogP contribution in [-0.2, 0) is 0 Å². The van der Waals surface area contributed by atoms with Crippen molar-refractivity contribution in [3.63, 3.8) is 0 Å². The van der Waals surface area contributed by atoms with Crippen molar-refractivity contribution in [1.29, 1.82) is 0 Å². The Morgan fingerprint density at radius 1 is 1.53 bits per heavy atom. The first-order valence-electron chi connectivity index (χ1n) is 5.04. The second-order valence-electron chi connectivity index (χ2n) is 3.74. The molecule has 1 aromatic rings. The molecular formula is C11H14BrNO2. The van der Waals surface area contributed by atoms with Gasteiger partial charge in [0.15, 0.2) is 0 Å². The Morgan fingerprint density at radius 3 is 3.07 bits per heavy atom. The molecule has 1 aliphatic heterocycles. The zero-order valence-electron chi connectivity index (χ0n) is 8.53. The number of nitrogens with one attached hydrogen (secondary N) is 1. The van der Waals surface area contributed by atoms with Crippen LogP contribution in [0.5, 0.6) is 5.75 Å². The van der Waals surface area contributed by atoms with Crippen LogP contribution in [-0.4, -0.2) is 23.9 Å². The summed E-state index contributed by atoms with van der Waals surface area (Å²) in [5.74, 6) is 0.856. The van der Waals surface area contributed by atoms with Gasteiger partial charge in [-0.15, -0.1) is 0 Å². The number of fused-ring (bicyclic) bond motifs is 1. The topological polar surface area (TPSA) is 41.5 Å². The molecule has 0 radical (unpaired) electrons. The molecule has 0 amide bonds. The first-order valence-corrected chi connectivity index (χ1v) is 5.83. The fourth-order valence-corrected chi connectivity index (χ4v) is 2.12. The van der Waals surface area contributed by atoms with Crippen LogP contribution < -0.4 is 10.1 Å². The first kappa shape index (κ1) is 10.8. The normalized spacial score (nSPS) is 23.9. The summed E-state index contributed by atoms with van der Waals surface area (Å²) in [6.45, 7) is 2.21. The van der Waals surface area contributed by atoms with E-state index >= 15 is 0 Å². The molecule has 4 heteroatoms. The van der Waals surface area contributed by atoms with E-state index < -0.39 is 0 Å². The summed E-state index contributed by atoms with van der Waals surface area (Å²) in [4.78, 5) is 0. The van der Waals surface area contributed by atoms with Gasteiger partial charge in [0.2, 0.25) is 0 Å². The van der Waals surface area contributed by atoms with Gasteiger partial charge in [-0.2, -0.15) is 0 Å². The minimum absolute atomic E-state index is 0.0451. The lowest BCUT2D eigenvalue weighted by atomic mass is 10.1. The maximum atomic E-state index is 8.91. The summed E-state index contributed by atoms with van der Waals surface area (Å²) in [6.07, 6.45) is 0.701. The third kappa shape index (κ3) is 2.26. The third-order valence-electron chi connectivity index (χ3n) is 2.57. The molecule has 0 aromatic heterocycles. The van der Waals surface area contributed by atoms with E-state index in [2.05, 4.69) is 28.2 Å². The van der Waals surface area contributed by atoms with Crippen LogP contribution in [0.4, 0.5) is 5.69 Å². The van der Waals surface area contributed by atoms with Gasteiger partial charge in [0.25, 0.3) is 0 Å². The molecule has 0 fully saturated rings. The molecule has 3 nitrogen and oxygen atoms in total. The van der Waals surface area contributed by atoms with E-state index in [1.165, 1.54) is 0 Å². The number of benzene rings is 1. The molecule has 0 saturated carbocycles. The summed E-state index contributed by atoms with van der Waals surface area (Å²) in [5.41, 5.74) is 1.01. The van der Waals surface area contributed by atoms with Gasteiger partial charge in [-0.3, -0.25) is 0 Å². The van der Waals surface area contributed by atoms with Crippen molar-refractivity contribution in [1.82, 2.24) is 0 Å². The van der Waals surface area contributed by atoms with Crippen molar-refractivity contribution < 1.29 is 9.84 Å². The highest BCUT2D eigenvalue weighted by molar-refractivity contribution is 9.10. The summed E-state index contributed by atoms with van der Waals surface area (Å²) < 4.78 is 6.83. The van der Waals surface area contributed by atoms with Gasteiger partial charge in [0, 0.05) is 17.5 Å². The van der Waals surface area contributed by atoms with Crippen molar-refractivity contribution in [2.24, 2.45) is 0 Å². The highest BCUT2D eigenvalue weighted by atomic mass is 79.9. The number of hydrogen-bond donors (Lipinski definition) is 2. The lowest BCUT2D eigenvalue weighted by molar-refractivity contribution is 0.134. The Labute approximate surface area is 97.6 Å². The Kier molecular flexibility index (Phi) is 3.17. The predicted octanol–water partition coefficient (Wildman–Crippen LogP) is 2.39. The predicted molar refractivity (Wildman–Crippen MR) is 63.3 cm³/mol. The van der Waals surface area contributed by atoms with E-state index in [1.54, 1.807) is 0 Å². The van der Waals surface area contributed by atoms with Gasteiger partial charge in [-0.1, -0.05) is 15.9 Å².